The van der Waals surface area contributed by atoms with Crippen molar-refractivity contribution in [2.24, 2.45) is 5.41 Å². The number of nitrogens with one attached hydrogen (secondary N) is 2. The van der Waals surface area contributed by atoms with Crippen LogP contribution in [0.25, 0.3) is 10.9 Å². The standard InChI is InChI=1S/C27H36N6O4/c1-36-22-5-6-24-23(16-22)20(17-29-24)4-7-25(34)32-13-9-27(10-14-32)8-2-3-12-33-18-21(30-31-33)19-37-15-11-28-26(27)35/h5-6,16-18,29H,2-4,7-15,19H2,1H3,(H,28,35). The van der Waals surface area contributed by atoms with Crippen LogP contribution in [0.5, 0.6) is 5.75 Å². The fourth-order valence-corrected chi connectivity index (χ4v) is 5.52. The summed E-state index contributed by atoms with van der Waals surface area (Å²) >= 11 is 0. The molecule has 0 saturated carbocycles. The van der Waals surface area contributed by atoms with Gasteiger partial charge in [0.15, 0.2) is 0 Å². The van der Waals surface area contributed by atoms with E-state index in [0.29, 0.717) is 58.5 Å². The molecule has 1 fully saturated rings. The topological polar surface area (TPSA) is 114 Å². The Labute approximate surface area is 216 Å². The Morgan fingerprint density at radius 3 is 2.89 bits per heavy atom. The quantitative estimate of drug-likeness (QED) is 0.560. The minimum atomic E-state index is -0.443. The summed E-state index contributed by atoms with van der Waals surface area (Å²) < 4.78 is 12.9. The van der Waals surface area contributed by atoms with Gasteiger partial charge in [-0.3, -0.25) is 14.3 Å². The highest BCUT2D eigenvalue weighted by atomic mass is 16.5. The Morgan fingerprint density at radius 2 is 2.05 bits per heavy atom. The maximum atomic E-state index is 13.3. The smallest absolute Gasteiger partial charge is 0.226 e. The molecule has 2 bridgehead atoms. The summed E-state index contributed by atoms with van der Waals surface area (Å²) in [5.74, 6) is 1.04. The van der Waals surface area contributed by atoms with Crippen LogP contribution in [0.3, 0.4) is 0 Å². The van der Waals surface area contributed by atoms with Crippen LogP contribution in [-0.4, -0.2) is 70.0 Å². The zero-order valence-electron chi connectivity index (χ0n) is 21.5. The highest BCUT2D eigenvalue weighted by Crippen LogP contribution is 2.37. The second kappa shape index (κ2) is 11.3. The molecular formula is C27H36N6O4. The number of aromatic amines is 1. The Hall–Kier alpha value is -3.40. The molecule has 2 N–H and O–H groups in total. The van der Waals surface area contributed by atoms with E-state index in [1.54, 1.807) is 7.11 Å². The number of carbonyl (C=O) groups excluding carboxylic acids is 2. The van der Waals surface area contributed by atoms with Crippen molar-refractivity contribution in [1.82, 2.24) is 30.2 Å². The van der Waals surface area contributed by atoms with E-state index in [2.05, 4.69) is 20.6 Å². The zero-order valence-corrected chi connectivity index (χ0v) is 21.5. The molecule has 0 atom stereocenters. The normalized spacial score (nSPS) is 18.9. The third-order valence-corrected chi connectivity index (χ3v) is 7.80. The number of H-pyrrole nitrogens is 1. The number of methoxy groups -OCH3 is 1. The van der Waals surface area contributed by atoms with E-state index in [0.717, 1.165) is 53.7 Å². The van der Waals surface area contributed by atoms with Gasteiger partial charge in [0, 0.05) is 49.7 Å². The van der Waals surface area contributed by atoms with Crippen molar-refractivity contribution in [2.75, 3.05) is 33.4 Å². The van der Waals surface area contributed by atoms with E-state index >= 15 is 0 Å². The van der Waals surface area contributed by atoms with Crippen molar-refractivity contribution in [3.63, 3.8) is 0 Å². The highest BCUT2D eigenvalue weighted by Gasteiger charge is 2.41. The lowest BCUT2D eigenvalue weighted by molar-refractivity contribution is -0.141. The number of piperidine rings is 1. The second-order valence-corrected chi connectivity index (χ2v) is 10.1. The van der Waals surface area contributed by atoms with Gasteiger partial charge >= 0.3 is 0 Å². The number of amides is 2. The van der Waals surface area contributed by atoms with Crippen molar-refractivity contribution in [2.45, 2.75) is 58.1 Å². The van der Waals surface area contributed by atoms with Gasteiger partial charge in [0.2, 0.25) is 11.8 Å². The first kappa shape index (κ1) is 25.3. The lowest BCUT2D eigenvalue weighted by Crippen LogP contribution is -2.50. The van der Waals surface area contributed by atoms with Crippen molar-refractivity contribution in [3.05, 3.63) is 41.9 Å². The number of aryl methyl sites for hydroxylation is 2. The van der Waals surface area contributed by atoms with Crippen LogP contribution in [0.2, 0.25) is 0 Å². The molecule has 2 aliphatic heterocycles. The molecule has 10 heteroatoms. The number of benzene rings is 1. The van der Waals surface area contributed by atoms with Crippen molar-refractivity contribution >= 4 is 22.7 Å². The highest BCUT2D eigenvalue weighted by molar-refractivity contribution is 5.86. The van der Waals surface area contributed by atoms with E-state index in [4.69, 9.17) is 9.47 Å². The number of nitrogens with zero attached hydrogens (tertiary/aromatic N) is 4. The number of fused-ring (bicyclic) bond motifs is 3. The minimum Gasteiger partial charge on any atom is -0.497 e. The first-order valence-electron chi connectivity index (χ1n) is 13.2. The molecule has 3 aromatic rings. The summed E-state index contributed by atoms with van der Waals surface area (Å²) in [6.07, 6.45) is 9.04. The molecule has 198 valence electrons. The molecule has 0 aliphatic carbocycles. The summed E-state index contributed by atoms with van der Waals surface area (Å²) in [5.41, 5.74) is 2.52. The molecule has 2 aliphatic rings. The van der Waals surface area contributed by atoms with Gasteiger partial charge in [0.1, 0.15) is 11.4 Å². The van der Waals surface area contributed by atoms with E-state index in [1.165, 1.54) is 0 Å². The SMILES string of the molecule is COc1ccc2[nH]cc(CCC(=O)N3CCC4(CCCCn5cc(nn5)COCCNC4=O)CC3)c2c1. The molecule has 1 aromatic carbocycles. The molecule has 0 unspecified atom stereocenters. The van der Waals surface area contributed by atoms with Crippen LogP contribution in [-0.2, 0) is 33.9 Å². The van der Waals surface area contributed by atoms with Crippen LogP contribution in [0, 0.1) is 5.41 Å². The number of hydrogen-bond acceptors (Lipinski definition) is 6. The summed E-state index contributed by atoms with van der Waals surface area (Å²) in [7, 11) is 1.66. The predicted molar refractivity (Wildman–Crippen MR) is 138 cm³/mol. The second-order valence-electron chi connectivity index (χ2n) is 10.1. The summed E-state index contributed by atoms with van der Waals surface area (Å²) in [5, 5.41) is 12.5. The molecule has 10 nitrogen and oxygen atoms in total. The molecule has 1 spiro atoms. The van der Waals surface area contributed by atoms with Crippen LogP contribution in [0.1, 0.15) is 49.8 Å². The number of likely N-dealkylation sites (tertiary alicyclic amines) is 1. The maximum Gasteiger partial charge on any atom is 0.226 e. The van der Waals surface area contributed by atoms with E-state index in [9.17, 15) is 9.59 Å². The fourth-order valence-electron chi connectivity index (χ4n) is 5.52. The van der Waals surface area contributed by atoms with Crippen LogP contribution in [0.15, 0.2) is 30.6 Å². The van der Waals surface area contributed by atoms with Crippen molar-refractivity contribution in [3.8, 4) is 5.75 Å². The van der Waals surface area contributed by atoms with Gasteiger partial charge < -0.3 is 24.7 Å². The average Bonchev–Trinajstić information content (AvgIpc) is 3.55. The molecule has 5 rings (SSSR count). The Balaban J connectivity index is 1.17. The van der Waals surface area contributed by atoms with Gasteiger partial charge in [0.25, 0.3) is 0 Å². The van der Waals surface area contributed by atoms with Gasteiger partial charge in [-0.1, -0.05) is 11.6 Å². The summed E-state index contributed by atoms with van der Waals surface area (Å²) in [6.45, 7) is 3.28. The molecule has 4 heterocycles. The van der Waals surface area contributed by atoms with E-state index < -0.39 is 5.41 Å². The van der Waals surface area contributed by atoms with Crippen LogP contribution >= 0.6 is 0 Å². The number of ether oxygens (including phenoxy) is 2. The van der Waals surface area contributed by atoms with Gasteiger partial charge in [-0.15, -0.1) is 5.10 Å². The Kier molecular flexibility index (Phi) is 7.73. The lowest BCUT2D eigenvalue weighted by Gasteiger charge is -2.41. The first-order chi connectivity index (χ1) is 18.1. The monoisotopic (exact) mass is 508 g/mol. The Morgan fingerprint density at radius 1 is 1.19 bits per heavy atom. The molecule has 37 heavy (non-hydrogen) atoms. The van der Waals surface area contributed by atoms with Crippen LogP contribution < -0.4 is 10.1 Å². The first-order valence-corrected chi connectivity index (χ1v) is 13.2. The zero-order chi connectivity index (χ0) is 25.7. The largest absolute Gasteiger partial charge is 0.497 e. The Bertz CT molecular complexity index is 1230. The fraction of sp³-hybridized carbons (Fsp3) is 0.556. The van der Waals surface area contributed by atoms with Gasteiger partial charge in [-0.25, -0.2) is 0 Å². The van der Waals surface area contributed by atoms with Gasteiger partial charge in [-0.2, -0.15) is 0 Å². The van der Waals surface area contributed by atoms with Crippen molar-refractivity contribution < 1.29 is 19.1 Å². The predicted octanol–water partition coefficient (Wildman–Crippen LogP) is 2.83. The molecule has 2 aromatic heterocycles. The summed E-state index contributed by atoms with van der Waals surface area (Å²) in [6, 6.07) is 5.93. The lowest BCUT2D eigenvalue weighted by atomic mass is 9.73. The third-order valence-electron chi connectivity index (χ3n) is 7.80. The molecule has 0 radical (unpaired) electrons. The molecule has 2 amide bonds. The van der Waals surface area contributed by atoms with Gasteiger partial charge in [0.05, 0.1) is 31.9 Å². The number of aromatic nitrogens is 4. The minimum absolute atomic E-state index is 0.0878. The number of carbonyl (C=O) groups is 2. The third kappa shape index (κ3) is 5.79. The summed E-state index contributed by atoms with van der Waals surface area (Å²) in [4.78, 5) is 31.6. The van der Waals surface area contributed by atoms with Crippen LogP contribution in [0.4, 0.5) is 0 Å². The maximum absolute atomic E-state index is 13.3. The van der Waals surface area contributed by atoms with E-state index in [-0.39, 0.29) is 11.8 Å². The van der Waals surface area contributed by atoms with Crippen molar-refractivity contribution in [1.29, 1.82) is 0 Å². The van der Waals surface area contributed by atoms with Gasteiger partial charge in [-0.05, 0) is 55.9 Å². The average molecular weight is 509 g/mol. The molecular weight excluding hydrogens is 472 g/mol. The number of rotatable bonds is 4. The molecule has 1 saturated heterocycles. The van der Waals surface area contributed by atoms with E-state index in [1.807, 2.05) is 40.2 Å². The number of hydrogen-bond donors (Lipinski definition) is 2.